The fraction of sp³-hybridized carbons (Fsp3) is 0.250. The van der Waals surface area contributed by atoms with Gasteiger partial charge in [0.05, 0.1) is 0 Å². The van der Waals surface area contributed by atoms with Crippen LogP contribution in [0.2, 0.25) is 0 Å². The lowest BCUT2D eigenvalue weighted by Crippen LogP contribution is -2.05. The minimum absolute atomic E-state index is 0.555. The van der Waals surface area contributed by atoms with Crippen LogP contribution in [-0.4, -0.2) is 19.9 Å². The Bertz CT molecular complexity index is 439. The number of aryl methyl sites for hydroxylation is 1. The first-order chi connectivity index (χ1) is 6.68. The van der Waals surface area contributed by atoms with Crippen molar-refractivity contribution in [2.45, 2.75) is 6.10 Å². The smallest absolute Gasteiger partial charge is 0.166 e. The Hall–Kier alpha value is -0.720. The molecule has 0 bridgehead atoms. The third-order valence-corrected chi connectivity index (χ3v) is 3.59. The third kappa shape index (κ3) is 1.73. The Labute approximate surface area is 93.3 Å². The first kappa shape index (κ1) is 9.82. The van der Waals surface area contributed by atoms with E-state index in [0.717, 1.165) is 9.35 Å². The molecule has 0 saturated carbocycles. The summed E-state index contributed by atoms with van der Waals surface area (Å²) in [6, 6.07) is 1.88. The maximum absolute atomic E-state index is 9.94. The highest BCUT2D eigenvalue weighted by Crippen LogP contribution is 2.28. The molecule has 0 aromatic carbocycles. The average Bonchev–Trinajstić information content (AvgIpc) is 2.73. The minimum atomic E-state index is -0.696. The molecule has 0 fully saturated rings. The molecule has 0 saturated heterocycles. The molecule has 0 radical (unpaired) electrons. The molecule has 0 aliphatic carbocycles. The molecular formula is C8H8BrN3OS. The highest BCUT2D eigenvalue weighted by molar-refractivity contribution is 9.10. The summed E-state index contributed by atoms with van der Waals surface area (Å²) in [5.74, 6) is 0.555. The van der Waals surface area contributed by atoms with Crippen LogP contribution >= 0.6 is 27.3 Å². The number of hydrogen-bond acceptors (Lipinski definition) is 4. The Morgan fingerprint density at radius 1 is 1.64 bits per heavy atom. The first-order valence-corrected chi connectivity index (χ1v) is 5.61. The second-order valence-corrected chi connectivity index (χ2v) is 4.73. The van der Waals surface area contributed by atoms with Crippen LogP contribution in [0.5, 0.6) is 0 Å². The van der Waals surface area contributed by atoms with Crippen LogP contribution in [0.1, 0.15) is 16.8 Å². The number of hydrogen-bond donors (Lipinski definition) is 1. The van der Waals surface area contributed by atoms with Gasteiger partial charge in [0, 0.05) is 21.8 Å². The molecule has 4 nitrogen and oxygen atoms in total. The summed E-state index contributed by atoms with van der Waals surface area (Å²) >= 11 is 4.83. The molecule has 6 heteroatoms. The van der Waals surface area contributed by atoms with Crippen LogP contribution in [0.4, 0.5) is 0 Å². The SMILES string of the molecule is Cn1cnnc1C(O)c1cc(Br)cs1. The average molecular weight is 274 g/mol. The normalized spacial score (nSPS) is 13.1. The maximum Gasteiger partial charge on any atom is 0.166 e. The molecule has 74 valence electrons. The van der Waals surface area contributed by atoms with E-state index < -0.39 is 6.10 Å². The standard InChI is InChI=1S/C8H8BrN3OS/c1-12-4-10-11-8(12)7(13)6-2-5(9)3-14-6/h2-4,7,13H,1H3. The zero-order chi connectivity index (χ0) is 10.1. The Morgan fingerprint density at radius 2 is 2.43 bits per heavy atom. The fourth-order valence-corrected chi connectivity index (χ4v) is 2.56. The van der Waals surface area contributed by atoms with E-state index in [1.54, 1.807) is 17.9 Å². The van der Waals surface area contributed by atoms with Gasteiger partial charge in [-0.3, -0.25) is 0 Å². The summed E-state index contributed by atoms with van der Waals surface area (Å²) < 4.78 is 2.68. The second kappa shape index (κ2) is 3.80. The van der Waals surface area contributed by atoms with Crippen molar-refractivity contribution in [2.24, 2.45) is 7.05 Å². The van der Waals surface area contributed by atoms with E-state index in [-0.39, 0.29) is 0 Å². The molecule has 0 aliphatic rings. The van der Waals surface area contributed by atoms with Crippen molar-refractivity contribution >= 4 is 27.3 Å². The van der Waals surface area contributed by atoms with Gasteiger partial charge in [0.25, 0.3) is 0 Å². The number of thiophene rings is 1. The quantitative estimate of drug-likeness (QED) is 0.907. The number of aliphatic hydroxyl groups excluding tert-OH is 1. The van der Waals surface area contributed by atoms with E-state index in [1.807, 2.05) is 11.4 Å². The lowest BCUT2D eigenvalue weighted by molar-refractivity contribution is 0.209. The van der Waals surface area contributed by atoms with Gasteiger partial charge in [-0.1, -0.05) is 0 Å². The summed E-state index contributed by atoms with van der Waals surface area (Å²) in [5.41, 5.74) is 0. The highest BCUT2D eigenvalue weighted by Gasteiger charge is 2.17. The van der Waals surface area contributed by atoms with Gasteiger partial charge in [0.1, 0.15) is 12.4 Å². The third-order valence-electron chi connectivity index (χ3n) is 1.85. The van der Waals surface area contributed by atoms with Crippen LogP contribution in [0.3, 0.4) is 0 Å². The minimum Gasteiger partial charge on any atom is -0.379 e. The topological polar surface area (TPSA) is 50.9 Å². The molecule has 1 unspecified atom stereocenters. The van der Waals surface area contributed by atoms with Crippen LogP contribution < -0.4 is 0 Å². The number of aliphatic hydroxyl groups is 1. The van der Waals surface area contributed by atoms with Gasteiger partial charge in [-0.2, -0.15) is 0 Å². The van der Waals surface area contributed by atoms with Gasteiger partial charge in [-0.05, 0) is 22.0 Å². The van der Waals surface area contributed by atoms with E-state index >= 15 is 0 Å². The fourth-order valence-electron chi connectivity index (χ4n) is 1.14. The van der Waals surface area contributed by atoms with Gasteiger partial charge in [-0.25, -0.2) is 0 Å². The molecule has 2 aromatic heterocycles. The van der Waals surface area contributed by atoms with Crippen LogP contribution in [0, 0.1) is 0 Å². The Morgan fingerprint density at radius 3 is 2.93 bits per heavy atom. The monoisotopic (exact) mass is 273 g/mol. The first-order valence-electron chi connectivity index (χ1n) is 3.94. The van der Waals surface area contributed by atoms with E-state index in [4.69, 9.17) is 0 Å². The molecule has 2 heterocycles. The number of aromatic nitrogens is 3. The predicted octanol–water partition coefficient (Wildman–Crippen LogP) is 1.72. The second-order valence-electron chi connectivity index (χ2n) is 2.87. The summed E-state index contributed by atoms with van der Waals surface area (Å²) in [7, 11) is 1.81. The molecule has 1 N–H and O–H groups in total. The number of nitrogens with zero attached hydrogens (tertiary/aromatic N) is 3. The van der Waals surface area contributed by atoms with Crippen LogP contribution in [0.25, 0.3) is 0 Å². The maximum atomic E-state index is 9.94. The van der Waals surface area contributed by atoms with Crippen molar-refractivity contribution in [3.8, 4) is 0 Å². The van der Waals surface area contributed by atoms with E-state index in [9.17, 15) is 5.11 Å². The zero-order valence-corrected chi connectivity index (χ0v) is 9.79. The zero-order valence-electron chi connectivity index (χ0n) is 7.38. The van der Waals surface area contributed by atoms with Crippen molar-refractivity contribution < 1.29 is 5.11 Å². The molecule has 14 heavy (non-hydrogen) atoms. The summed E-state index contributed by atoms with van der Waals surface area (Å²) in [6.45, 7) is 0. The molecule has 0 spiro atoms. The largest absolute Gasteiger partial charge is 0.379 e. The lowest BCUT2D eigenvalue weighted by atomic mass is 10.3. The Balaban J connectivity index is 2.33. The van der Waals surface area contributed by atoms with Gasteiger partial charge >= 0.3 is 0 Å². The van der Waals surface area contributed by atoms with Crippen molar-refractivity contribution in [1.29, 1.82) is 0 Å². The van der Waals surface area contributed by atoms with Gasteiger partial charge in [0.15, 0.2) is 5.82 Å². The number of rotatable bonds is 2. The summed E-state index contributed by atoms with van der Waals surface area (Å²) in [4.78, 5) is 0.855. The molecule has 1 atom stereocenters. The summed E-state index contributed by atoms with van der Waals surface area (Å²) in [6.07, 6.45) is 0.875. The van der Waals surface area contributed by atoms with Gasteiger partial charge in [0.2, 0.25) is 0 Å². The van der Waals surface area contributed by atoms with E-state index in [0.29, 0.717) is 5.82 Å². The van der Waals surface area contributed by atoms with Crippen LogP contribution in [0.15, 0.2) is 22.2 Å². The molecule has 0 aliphatic heterocycles. The van der Waals surface area contributed by atoms with Crippen LogP contribution in [-0.2, 0) is 7.05 Å². The summed E-state index contributed by atoms with van der Waals surface area (Å²) in [5, 5.41) is 19.4. The number of halogens is 1. The van der Waals surface area contributed by atoms with E-state index in [2.05, 4.69) is 26.1 Å². The predicted molar refractivity (Wildman–Crippen MR) is 57.1 cm³/mol. The lowest BCUT2D eigenvalue weighted by Gasteiger charge is -2.06. The molecule has 2 aromatic rings. The van der Waals surface area contributed by atoms with E-state index in [1.165, 1.54) is 11.3 Å². The van der Waals surface area contributed by atoms with Crippen molar-refractivity contribution in [3.05, 3.63) is 32.9 Å². The van der Waals surface area contributed by atoms with Crippen molar-refractivity contribution in [3.63, 3.8) is 0 Å². The van der Waals surface area contributed by atoms with Gasteiger partial charge < -0.3 is 9.67 Å². The molecular weight excluding hydrogens is 266 g/mol. The highest BCUT2D eigenvalue weighted by atomic mass is 79.9. The Kier molecular flexibility index (Phi) is 2.66. The van der Waals surface area contributed by atoms with Crippen molar-refractivity contribution in [1.82, 2.24) is 14.8 Å². The molecule has 0 amide bonds. The van der Waals surface area contributed by atoms with Gasteiger partial charge in [-0.15, -0.1) is 21.5 Å². The molecule has 2 rings (SSSR count). The van der Waals surface area contributed by atoms with Crippen molar-refractivity contribution in [2.75, 3.05) is 0 Å².